The number of rotatable bonds is 5. The van der Waals surface area contributed by atoms with Crippen LogP contribution in [0.1, 0.15) is 38.5 Å². The minimum absolute atomic E-state index is 0.165. The van der Waals surface area contributed by atoms with Gasteiger partial charge >= 0.3 is 0 Å². The van der Waals surface area contributed by atoms with Crippen molar-refractivity contribution in [2.45, 2.75) is 56.7 Å². The Balaban J connectivity index is 1.35. The second kappa shape index (κ2) is 7.59. The summed E-state index contributed by atoms with van der Waals surface area (Å²) in [4.78, 5) is 15.7. The third-order valence-electron chi connectivity index (χ3n) is 6.43. The molecule has 0 saturated heterocycles. The van der Waals surface area contributed by atoms with Crippen LogP contribution in [-0.2, 0) is 0 Å². The molecule has 6 heteroatoms. The zero-order valence-corrected chi connectivity index (χ0v) is 16.8. The van der Waals surface area contributed by atoms with Crippen molar-refractivity contribution in [1.82, 2.24) is 19.9 Å². The number of hydrogen-bond donors (Lipinski definition) is 2. The van der Waals surface area contributed by atoms with Crippen LogP contribution in [0.2, 0.25) is 0 Å². The van der Waals surface area contributed by atoms with Crippen molar-refractivity contribution in [3.05, 3.63) is 43.0 Å². The fourth-order valence-electron chi connectivity index (χ4n) is 4.54. The van der Waals surface area contributed by atoms with Gasteiger partial charge in [-0.05, 0) is 69.3 Å². The highest BCUT2D eigenvalue weighted by Gasteiger charge is 2.33. The van der Waals surface area contributed by atoms with Gasteiger partial charge in [0.25, 0.3) is 0 Å². The second-order valence-corrected chi connectivity index (χ2v) is 8.43. The first-order valence-electron chi connectivity index (χ1n) is 10.5. The van der Waals surface area contributed by atoms with Gasteiger partial charge in [-0.15, -0.1) is 0 Å². The molecule has 2 N–H and O–H groups in total. The molecule has 29 heavy (non-hydrogen) atoms. The van der Waals surface area contributed by atoms with Gasteiger partial charge in [-0.25, -0.2) is 9.97 Å². The van der Waals surface area contributed by atoms with E-state index in [1.807, 2.05) is 12.1 Å². The maximum Gasteiger partial charge on any atom is 0.137 e. The van der Waals surface area contributed by atoms with Gasteiger partial charge in [-0.1, -0.05) is 6.07 Å². The number of fused-ring (bicyclic) bond motifs is 1. The summed E-state index contributed by atoms with van der Waals surface area (Å²) < 4.78 is 0. The molecule has 3 aromatic rings. The molecule has 0 amide bonds. The molecule has 2 saturated carbocycles. The summed E-state index contributed by atoms with van der Waals surface area (Å²) in [5, 5.41) is 14.4. The smallest absolute Gasteiger partial charge is 0.137 e. The van der Waals surface area contributed by atoms with Crippen molar-refractivity contribution in [3.63, 3.8) is 0 Å². The molecule has 2 aliphatic rings. The van der Waals surface area contributed by atoms with E-state index in [4.69, 9.17) is 0 Å². The standard InChI is InChI=1S/C23H27N5O/c1-28(19-7-8-19)18-5-3-17(4-6-18)27-23-21-11-15(2-9-22(21)25-14-26-23)16-10-20(29)13-24-12-16/h2,9-14,17-19,29H,3-8H2,1H3,(H,25,26,27). The fourth-order valence-corrected chi connectivity index (χ4v) is 4.54. The molecular formula is C23H27N5O. The SMILES string of the molecule is CN(C1CCC(Nc2ncnc3ccc(-c4cncc(O)c4)cc23)CC1)C1CC1. The lowest BCUT2D eigenvalue weighted by Gasteiger charge is -2.35. The molecule has 2 aromatic heterocycles. The Morgan fingerprint density at radius 3 is 2.41 bits per heavy atom. The summed E-state index contributed by atoms with van der Waals surface area (Å²) in [6, 6.07) is 9.83. The zero-order valence-electron chi connectivity index (χ0n) is 16.8. The summed E-state index contributed by atoms with van der Waals surface area (Å²) in [5.41, 5.74) is 2.79. The fraction of sp³-hybridized carbons (Fsp3) is 0.435. The van der Waals surface area contributed by atoms with E-state index >= 15 is 0 Å². The molecule has 0 spiro atoms. The van der Waals surface area contributed by atoms with Gasteiger partial charge in [-0.2, -0.15) is 0 Å². The van der Waals surface area contributed by atoms with E-state index < -0.39 is 0 Å². The van der Waals surface area contributed by atoms with Crippen LogP contribution in [0, 0.1) is 0 Å². The molecule has 6 nitrogen and oxygen atoms in total. The van der Waals surface area contributed by atoms with E-state index in [9.17, 15) is 5.11 Å². The third kappa shape index (κ3) is 3.90. The first-order chi connectivity index (χ1) is 14.2. The maximum atomic E-state index is 9.75. The average molecular weight is 390 g/mol. The predicted octanol–water partition coefficient (Wildman–Crippen LogP) is 4.21. The van der Waals surface area contributed by atoms with Crippen LogP contribution in [0.15, 0.2) is 43.0 Å². The molecule has 2 fully saturated rings. The molecule has 0 aliphatic heterocycles. The van der Waals surface area contributed by atoms with Crippen LogP contribution in [0.5, 0.6) is 5.75 Å². The highest BCUT2D eigenvalue weighted by Crippen LogP contribution is 2.34. The Morgan fingerprint density at radius 1 is 0.931 bits per heavy atom. The minimum atomic E-state index is 0.165. The number of hydrogen-bond acceptors (Lipinski definition) is 6. The lowest BCUT2D eigenvalue weighted by atomic mass is 9.90. The lowest BCUT2D eigenvalue weighted by Crippen LogP contribution is -2.39. The third-order valence-corrected chi connectivity index (χ3v) is 6.43. The summed E-state index contributed by atoms with van der Waals surface area (Å²) >= 11 is 0. The summed E-state index contributed by atoms with van der Waals surface area (Å²) in [6.07, 6.45) is 12.4. The van der Waals surface area contributed by atoms with Gasteiger partial charge in [0.15, 0.2) is 0 Å². The molecule has 2 heterocycles. The summed E-state index contributed by atoms with van der Waals surface area (Å²) in [6.45, 7) is 0. The van der Waals surface area contributed by atoms with E-state index in [0.29, 0.717) is 6.04 Å². The molecule has 150 valence electrons. The van der Waals surface area contributed by atoms with Crippen LogP contribution in [-0.4, -0.2) is 50.1 Å². The number of nitrogens with zero attached hydrogens (tertiary/aromatic N) is 4. The van der Waals surface area contributed by atoms with Crippen molar-refractivity contribution in [1.29, 1.82) is 0 Å². The van der Waals surface area contributed by atoms with Gasteiger partial charge in [0, 0.05) is 35.3 Å². The first-order valence-corrected chi connectivity index (χ1v) is 10.5. The normalized spacial score (nSPS) is 22.1. The number of benzene rings is 1. The van der Waals surface area contributed by atoms with Crippen LogP contribution in [0.4, 0.5) is 5.82 Å². The van der Waals surface area contributed by atoms with Crippen LogP contribution >= 0.6 is 0 Å². The topological polar surface area (TPSA) is 74.2 Å². The number of aromatic nitrogens is 3. The van der Waals surface area contributed by atoms with Crippen molar-refractivity contribution in [3.8, 4) is 16.9 Å². The van der Waals surface area contributed by atoms with Gasteiger partial charge in [0.2, 0.25) is 0 Å². The van der Waals surface area contributed by atoms with Gasteiger partial charge in [0.05, 0.1) is 11.7 Å². The lowest BCUT2D eigenvalue weighted by molar-refractivity contribution is 0.178. The van der Waals surface area contributed by atoms with Crippen LogP contribution in [0.25, 0.3) is 22.0 Å². The summed E-state index contributed by atoms with van der Waals surface area (Å²) in [7, 11) is 2.30. The maximum absolute atomic E-state index is 9.75. The molecule has 0 atom stereocenters. The largest absolute Gasteiger partial charge is 0.506 e. The molecular weight excluding hydrogens is 362 g/mol. The highest BCUT2D eigenvalue weighted by atomic mass is 16.3. The Labute approximate surface area is 171 Å². The van der Waals surface area contributed by atoms with Crippen molar-refractivity contribution >= 4 is 16.7 Å². The van der Waals surface area contributed by atoms with E-state index in [2.05, 4.69) is 38.3 Å². The van der Waals surface area contributed by atoms with Crippen LogP contribution < -0.4 is 5.32 Å². The van der Waals surface area contributed by atoms with E-state index in [0.717, 1.165) is 39.9 Å². The Hall–Kier alpha value is -2.73. The number of aromatic hydroxyl groups is 1. The zero-order chi connectivity index (χ0) is 19.8. The molecule has 0 unspecified atom stereocenters. The minimum Gasteiger partial charge on any atom is -0.506 e. The van der Waals surface area contributed by atoms with Gasteiger partial charge in [0.1, 0.15) is 17.9 Å². The van der Waals surface area contributed by atoms with E-state index in [-0.39, 0.29) is 5.75 Å². The van der Waals surface area contributed by atoms with Crippen LogP contribution in [0.3, 0.4) is 0 Å². The Morgan fingerprint density at radius 2 is 1.69 bits per heavy atom. The van der Waals surface area contributed by atoms with E-state index in [1.54, 1.807) is 18.6 Å². The molecule has 0 bridgehead atoms. The Kier molecular flexibility index (Phi) is 4.79. The molecule has 2 aliphatic carbocycles. The predicted molar refractivity (Wildman–Crippen MR) is 115 cm³/mol. The average Bonchev–Trinajstić information content (AvgIpc) is 3.59. The van der Waals surface area contributed by atoms with Gasteiger partial charge < -0.3 is 15.3 Å². The molecule has 5 rings (SSSR count). The molecule has 1 aromatic carbocycles. The number of pyridine rings is 1. The van der Waals surface area contributed by atoms with Gasteiger partial charge in [-0.3, -0.25) is 4.98 Å². The Bertz CT molecular complexity index is 1010. The quantitative estimate of drug-likeness (QED) is 0.681. The second-order valence-electron chi connectivity index (χ2n) is 8.43. The number of anilines is 1. The van der Waals surface area contributed by atoms with Crippen molar-refractivity contribution < 1.29 is 5.11 Å². The molecule has 0 radical (unpaired) electrons. The van der Waals surface area contributed by atoms with Crippen molar-refractivity contribution in [2.24, 2.45) is 0 Å². The monoisotopic (exact) mass is 389 g/mol. The van der Waals surface area contributed by atoms with Crippen molar-refractivity contribution in [2.75, 3.05) is 12.4 Å². The highest BCUT2D eigenvalue weighted by molar-refractivity contribution is 5.92. The van der Waals surface area contributed by atoms with E-state index in [1.165, 1.54) is 44.7 Å². The number of nitrogens with one attached hydrogen (secondary N) is 1. The summed E-state index contributed by atoms with van der Waals surface area (Å²) in [5.74, 6) is 1.06. The first kappa shape index (κ1) is 18.3.